The lowest BCUT2D eigenvalue weighted by Gasteiger charge is -2.57. The normalized spacial score (nSPS) is 19.6. The maximum atomic E-state index is 14.4. The molecule has 1 nitrogen and oxygen atoms in total. The van der Waals surface area contributed by atoms with Crippen LogP contribution < -0.4 is 5.32 Å². The van der Waals surface area contributed by atoms with Crippen molar-refractivity contribution in [2.75, 3.05) is 13.1 Å². The van der Waals surface area contributed by atoms with Gasteiger partial charge in [-0.2, -0.15) is 0 Å². The van der Waals surface area contributed by atoms with E-state index in [0.717, 1.165) is 31.5 Å². The number of benzene rings is 1. The Kier molecular flexibility index (Phi) is 4.76. The minimum Gasteiger partial charge on any atom is -0.316 e. The summed E-state index contributed by atoms with van der Waals surface area (Å²) < 4.78 is 14.4. The first kappa shape index (κ1) is 15.8. The van der Waals surface area contributed by atoms with Crippen molar-refractivity contribution in [3.05, 3.63) is 34.6 Å². The van der Waals surface area contributed by atoms with Gasteiger partial charge in [0.1, 0.15) is 5.82 Å². The Bertz CT molecular complexity index is 460. The van der Waals surface area contributed by atoms with Crippen LogP contribution in [0, 0.1) is 11.2 Å². The lowest BCUT2D eigenvalue weighted by Crippen LogP contribution is -2.54. The minimum absolute atomic E-state index is 0.0863. The molecule has 0 amide bonds. The van der Waals surface area contributed by atoms with Crippen molar-refractivity contribution in [3.8, 4) is 0 Å². The smallest absolute Gasteiger partial charge is 0.145 e. The van der Waals surface area contributed by atoms with Gasteiger partial charge in [-0.05, 0) is 36.4 Å². The van der Waals surface area contributed by atoms with Gasteiger partial charge in [0.2, 0.25) is 0 Å². The SMILES string of the molecule is CCNCC1(c2cccc(Cl)c2F)CC(CC)(CC)C1. The van der Waals surface area contributed by atoms with E-state index in [1.807, 2.05) is 12.1 Å². The molecule has 0 radical (unpaired) electrons. The highest BCUT2D eigenvalue weighted by atomic mass is 35.5. The molecule has 1 saturated carbocycles. The van der Waals surface area contributed by atoms with E-state index < -0.39 is 0 Å². The molecule has 1 N–H and O–H groups in total. The molecule has 0 aliphatic heterocycles. The quantitative estimate of drug-likeness (QED) is 0.785. The molecule has 0 saturated heterocycles. The predicted molar refractivity (Wildman–Crippen MR) is 83.9 cm³/mol. The summed E-state index contributed by atoms with van der Waals surface area (Å²) in [4.78, 5) is 0. The summed E-state index contributed by atoms with van der Waals surface area (Å²) in [5.74, 6) is -0.229. The van der Waals surface area contributed by atoms with E-state index in [4.69, 9.17) is 11.6 Å². The van der Waals surface area contributed by atoms with E-state index in [0.29, 0.717) is 5.41 Å². The van der Waals surface area contributed by atoms with Crippen LogP contribution in [0.4, 0.5) is 4.39 Å². The Morgan fingerprint density at radius 1 is 1.20 bits per heavy atom. The van der Waals surface area contributed by atoms with Crippen molar-refractivity contribution < 1.29 is 4.39 Å². The summed E-state index contributed by atoms with van der Waals surface area (Å²) in [6.07, 6.45) is 4.44. The van der Waals surface area contributed by atoms with Crippen molar-refractivity contribution >= 4 is 11.6 Å². The summed E-state index contributed by atoms with van der Waals surface area (Å²) in [5, 5.41) is 3.65. The molecule has 1 aliphatic carbocycles. The van der Waals surface area contributed by atoms with E-state index in [9.17, 15) is 4.39 Å². The molecule has 1 fully saturated rings. The molecular weight excluding hydrogens is 273 g/mol. The van der Waals surface area contributed by atoms with Crippen molar-refractivity contribution in [1.82, 2.24) is 5.32 Å². The van der Waals surface area contributed by atoms with Crippen LogP contribution in [0.25, 0.3) is 0 Å². The molecule has 2 rings (SSSR count). The summed E-state index contributed by atoms with van der Waals surface area (Å²) in [6.45, 7) is 8.33. The lowest BCUT2D eigenvalue weighted by atomic mass is 9.48. The van der Waals surface area contributed by atoms with Crippen LogP contribution in [0.1, 0.15) is 52.0 Å². The van der Waals surface area contributed by atoms with Crippen LogP contribution in [0.2, 0.25) is 5.02 Å². The third-order valence-corrected chi connectivity index (χ3v) is 5.46. The fourth-order valence-electron chi connectivity index (χ4n) is 3.82. The average molecular weight is 298 g/mol. The standard InChI is InChI=1S/C17H25ClFN/c1-4-16(5-2)10-17(11-16,12-20-6-3)13-8-7-9-14(18)15(13)19/h7-9,20H,4-6,10-12H2,1-3H3. The highest BCUT2D eigenvalue weighted by molar-refractivity contribution is 6.30. The summed E-state index contributed by atoms with van der Waals surface area (Å²) in [5.41, 5.74) is 1.09. The van der Waals surface area contributed by atoms with E-state index in [-0.39, 0.29) is 16.3 Å². The summed E-state index contributed by atoms with van der Waals surface area (Å²) >= 11 is 5.98. The number of hydrogen-bond acceptors (Lipinski definition) is 1. The van der Waals surface area contributed by atoms with Crippen molar-refractivity contribution in [3.63, 3.8) is 0 Å². The molecule has 1 aromatic carbocycles. The summed E-state index contributed by atoms with van der Waals surface area (Å²) in [7, 11) is 0. The van der Waals surface area contributed by atoms with Gasteiger partial charge >= 0.3 is 0 Å². The molecule has 0 aromatic heterocycles. The van der Waals surface area contributed by atoms with Crippen LogP contribution in [0.15, 0.2) is 18.2 Å². The van der Waals surface area contributed by atoms with Crippen molar-refractivity contribution in [2.45, 2.75) is 51.9 Å². The zero-order valence-electron chi connectivity index (χ0n) is 12.7. The first-order valence-electron chi connectivity index (χ1n) is 7.68. The van der Waals surface area contributed by atoms with Gasteiger partial charge in [0.25, 0.3) is 0 Å². The molecule has 112 valence electrons. The van der Waals surface area contributed by atoms with Gasteiger partial charge in [0, 0.05) is 12.0 Å². The number of nitrogens with one attached hydrogen (secondary N) is 1. The number of rotatable bonds is 6. The largest absolute Gasteiger partial charge is 0.316 e. The van der Waals surface area contributed by atoms with Crippen LogP contribution >= 0.6 is 11.6 Å². The maximum Gasteiger partial charge on any atom is 0.145 e. The summed E-state index contributed by atoms with van der Waals surface area (Å²) in [6, 6.07) is 5.41. The van der Waals surface area contributed by atoms with E-state index in [2.05, 4.69) is 26.1 Å². The van der Waals surface area contributed by atoms with Crippen LogP contribution in [0.3, 0.4) is 0 Å². The van der Waals surface area contributed by atoms with E-state index in [1.54, 1.807) is 6.07 Å². The average Bonchev–Trinajstić information content (AvgIpc) is 2.42. The van der Waals surface area contributed by atoms with Crippen LogP contribution in [0.5, 0.6) is 0 Å². The van der Waals surface area contributed by atoms with Gasteiger partial charge < -0.3 is 5.32 Å². The molecule has 0 atom stereocenters. The second kappa shape index (κ2) is 6.03. The second-order valence-corrected chi connectivity index (χ2v) is 6.63. The van der Waals surface area contributed by atoms with Crippen LogP contribution in [-0.2, 0) is 5.41 Å². The highest BCUT2D eigenvalue weighted by Crippen LogP contribution is 2.59. The van der Waals surface area contributed by atoms with Gasteiger partial charge in [-0.25, -0.2) is 4.39 Å². The number of likely N-dealkylation sites (N-methyl/N-ethyl adjacent to an activating group) is 1. The Hall–Kier alpha value is -0.600. The monoisotopic (exact) mass is 297 g/mol. The molecule has 0 bridgehead atoms. The Morgan fingerprint density at radius 3 is 2.40 bits per heavy atom. The minimum atomic E-state index is -0.229. The van der Waals surface area contributed by atoms with Gasteiger partial charge in [0.05, 0.1) is 5.02 Å². The molecule has 1 aliphatic rings. The predicted octanol–water partition coefficient (Wildman–Crippen LogP) is 4.93. The van der Waals surface area contributed by atoms with Gasteiger partial charge in [-0.3, -0.25) is 0 Å². The third kappa shape index (κ3) is 2.60. The lowest BCUT2D eigenvalue weighted by molar-refractivity contribution is 0.0111. The topological polar surface area (TPSA) is 12.0 Å². The highest BCUT2D eigenvalue weighted by Gasteiger charge is 2.53. The Morgan fingerprint density at radius 2 is 1.85 bits per heavy atom. The second-order valence-electron chi connectivity index (χ2n) is 6.22. The first-order valence-corrected chi connectivity index (χ1v) is 8.05. The fourth-order valence-corrected chi connectivity index (χ4v) is 4.00. The van der Waals surface area contributed by atoms with Gasteiger partial charge in [-0.15, -0.1) is 0 Å². The van der Waals surface area contributed by atoms with Gasteiger partial charge in [-0.1, -0.05) is 57.3 Å². The number of halogens is 2. The fraction of sp³-hybridized carbons (Fsp3) is 0.647. The van der Waals surface area contributed by atoms with Crippen molar-refractivity contribution in [2.24, 2.45) is 5.41 Å². The van der Waals surface area contributed by atoms with Gasteiger partial charge in [0.15, 0.2) is 0 Å². The molecule has 0 spiro atoms. The zero-order chi connectivity index (χ0) is 14.8. The number of hydrogen-bond donors (Lipinski definition) is 1. The molecule has 0 heterocycles. The molecule has 0 unspecified atom stereocenters. The molecule has 3 heteroatoms. The molecular formula is C17H25ClFN. The van der Waals surface area contributed by atoms with E-state index >= 15 is 0 Å². The first-order chi connectivity index (χ1) is 9.52. The molecule has 20 heavy (non-hydrogen) atoms. The Balaban J connectivity index is 2.33. The van der Waals surface area contributed by atoms with Crippen molar-refractivity contribution in [1.29, 1.82) is 0 Å². The maximum absolute atomic E-state index is 14.4. The molecule has 1 aromatic rings. The Labute approximate surface area is 126 Å². The zero-order valence-corrected chi connectivity index (χ0v) is 13.5. The van der Waals surface area contributed by atoms with E-state index in [1.165, 1.54) is 12.8 Å². The third-order valence-electron chi connectivity index (χ3n) is 5.16. The van der Waals surface area contributed by atoms with Crippen LogP contribution in [-0.4, -0.2) is 13.1 Å².